The second kappa shape index (κ2) is 11.0. The molecule has 216 valence electrons. The summed E-state index contributed by atoms with van der Waals surface area (Å²) >= 11 is 0. The monoisotopic (exact) mass is 565 g/mol. The van der Waals surface area contributed by atoms with E-state index < -0.39 is 24.0 Å². The van der Waals surface area contributed by atoms with Gasteiger partial charge in [0.2, 0.25) is 11.8 Å². The first kappa shape index (κ1) is 27.6. The van der Waals surface area contributed by atoms with Gasteiger partial charge in [0.25, 0.3) is 5.91 Å². The topological polar surface area (TPSA) is 112 Å². The SMILES string of the molecule is Cc1cc2cc([C@@H](C(=O)Nc3ccccc3O)N3C(=O)[C@@H](C4Cc5ccccc5C4)NC(=O)[C@H]3CC(C)C)ccc2o1. The average Bonchev–Trinajstić information content (AvgIpc) is 3.55. The second-order valence-corrected chi connectivity index (χ2v) is 11.9. The molecule has 2 heterocycles. The number of fused-ring (bicyclic) bond motifs is 2. The third-order valence-electron chi connectivity index (χ3n) is 8.37. The maximum Gasteiger partial charge on any atom is 0.251 e. The van der Waals surface area contributed by atoms with Gasteiger partial charge in [0.15, 0.2) is 0 Å². The zero-order valence-corrected chi connectivity index (χ0v) is 24.0. The van der Waals surface area contributed by atoms with E-state index in [1.165, 1.54) is 22.1 Å². The molecule has 42 heavy (non-hydrogen) atoms. The molecule has 0 saturated carbocycles. The number of hydrogen-bond donors (Lipinski definition) is 3. The lowest BCUT2D eigenvalue weighted by Gasteiger charge is -2.44. The Kier molecular flexibility index (Phi) is 7.22. The van der Waals surface area contributed by atoms with E-state index in [9.17, 15) is 19.5 Å². The fourth-order valence-electron chi connectivity index (χ4n) is 6.46. The van der Waals surface area contributed by atoms with Gasteiger partial charge in [0.1, 0.15) is 35.2 Å². The highest BCUT2D eigenvalue weighted by atomic mass is 16.3. The highest BCUT2D eigenvalue weighted by Gasteiger charge is 2.49. The van der Waals surface area contributed by atoms with E-state index in [2.05, 4.69) is 22.8 Å². The van der Waals surface area contributed by atoms with Crippen LogP contribution in [0.3, 0.4) is 0 Å². The van der Waals surface area contributed by atoms with Gasteiger partial charge in [-0.15, -0.1) is 0 Å². The Morgan fingerprint density at radius 3 is 2.40 bits per heavy atom. The van der Waals surface area contributed by atoms with Crippen LogP contribution in [0.1, 0.15) is 48.8 Å². The average molecular weight is 566 g/mol. The molecule has 3 atom stereocenters. The van der Waals surface area contributed by atoms with Gasteiger partial charge in [-0.2, -0.15) is 0 Å². The summed E-state index contributed by atoms with van der Waals surface area (Å²) in [4.78, 5) is 44.1. The highest BCUT2D eigenvalue weighted by Crippen LogP contribution is 2.37. The number of anilines is 1. The molecule has 8 nitrogen and oxygen atoms in total. The zero-order valence-electron chi connectivity index (χ0n) is 24.0. The maximum atomic E-state index is 14.6. The van der Waals surface area contributed by atoms with Crippen molar-refractivity contribution >= 4 is 34.4 Å². The molecule has 0 radical (unpaired) electrons. The first-order valence-corrected chi connectivity index (χ1v) is 14.5. The van der Waals surface area contributed by atoms with Gasteiger partial charge in [-0.1, -0.05) is 56.3 Å². The third-order valence-corrected chi connectivity index (χ3v) is 8.37. The van der Waals surface area contributed by atoms with Crippen LogP contribution in [-0.2, 0) is 27.2 Å². The number of rotatable bonds is 7. The smallest absolute Gasteiger partial charge is 0.251 e. The van der Waals surface area contributed by atoms with E-state index in [-0.39, 0.29) is 35.1 Å². The molecule has 0 bridgehead atoms. The number of nitrogens with one attached hydrogen (secondary N) is 2. The number of amides is 3. The predicted octanol–water partition coefficient (Wildman–Crippen LogP) is 5.28. The molecule has 3 N–H and O–H groups in total. The van der Waals surface area contributed by atoms with Crippen LogP contribution in [0.2, 0.25) is 0 Å². The van der Waals surface area contributed by atoms with Crippen LogP contribution in [0.25, 0.3) is 11.0 Å². The summed E-state index contributed by atoms with van der Waals surface area (Å²) in [5, 5.41) is 17.1. The summed E-state index contributed by atoms with van der Waals surface area (Å²) < 4.78 is 5.77. The molecule has 0 unspecified atom stereocenters. The minimum atomic E-state index is -1.13. The van der Waals surface area contributed by atoms with Gasteiger partial charge in [-0.3, -0.25) is 14.4 Å². The van der Waals surface area contributed by atoms with Crippen LogP contribution in [0, 0.1) is 18.8 Å². The largest absolute Gasteiger partial charge is 0.506 e. The van der Waals surface area contributed by atoms with Crippen molar-refractivity contribution < 1.29 is 23.9 Å². The van der Waals surface area contributed by atoms with Crippen molar-refractivity contribution in [2.75, 3.05) is 5.32 Å². The number of furan rings is 1. The van der Waals surface area contributed by atoms with Gasteiger partial charge in [-0.05, 0) is 85.0 Å². The van der Waals surface area contributed by atoms with Crippen LogP contribution in [0.15, 0.2) is 77.2 Å². The van der Waals surface area contributed by atoms with E-state index in [1.54, 1.807) is 30.3 Å². The maximum absolute atomic E-state index is 14.6. The van der Waals surface area contributed by atoms with Gasteiger partial charge in [0.05, 0.1) is 5.69 Å². The summed E-state index contributed by atoms with van der Waals surface area (Å²) in [6.07, 6.45) is 1.73. The second-order valence-electron chi connectivity index (χ2n) is 11.9. The molecule has 3 aromatic carbocycles. The first-order valence-electron chi connectivity index (χ1n) is 14.5. The lowest BCUT2D eigenvalue weighted by molar-refractivity contribution is -0.157. The number of phenolic OH excluding ortho intramolecular Hbond substituents is 1. The molecule has 1 aromatic heterocycles. The number of aryl methyl sites for hydroxylation is 1. The zero-order chi connectivity index (χ0) is 29.5. The molecular formula is C34H35N3O5. The molecule has 2 aliphatic rings. The third kappa shape index (κ3) is 5.13. The number of piperazine rings is 1. The highest BCUT2D eigenvalue weighted by molar-refractivity contribution is 6.04. The quantitative estimate of drug-likeness (QED) is 0.264. The Morgan fingerprint density at radius 1 is 1.02 bits per heavy atom. The van der Waals surface area contributed by atoms with Crippen molar-refractivity contribution in [3.8, 4) is 5.75 Å². The summed E-state index contributed by atoms with van der Waals surface area (Å²) in [7, 11) is 0. The minimum Gasteiger partial charge on any atom is -0.506 e. The predicted molar refractivity (Wildman–Crippen MR) is 160 cm³/mol. The summed E-state index contributed by atoms with van der Waals surface area (Å²) in [5.41, 5.74) is 3.80. The van der Waals surface area contributed by atoms with Crippen LogP contribution >= 0.6 is 0 Å². The van der Waals surface area contributed by atoms with E-state index in [4.69, 9.17) is 4.42 Å². The molecule has 1 aliphatic heterocycles. The van der Waals surface area contributed by atoms with Crippen molar-refractivity contribution in [1.29, 1.82) is 0 Å². The number of carbonyl (C=O) groups is 3. The first-order chi connectivity index (χ1) is 20.2. The number of carbonyl (C=O) groups excluding carboxylic acids is 3. The normalized spacial score (nSPS) is 19.7. The van der Waals surface area contributed by atoms with Crippen LogP contribution in [0.4, 0.5) is 5.69 Å². The Hall–Kier alpha value is -4.59. The van der Waals surface area contributed by atoms with Gasteiger partial charge >= 0.3 is 0 Å². The van der Waals surface area contributed by atoms with E-state index in [0.717, 1.165) is 11.1 Å². The lowest BCUT2D eigenvalue weighted by Crippen LogP contribution is -2.67. The van der Waals surface area contributed by atoms with Crippen molar-refractivity contribution in [3.63, 3.8) is 0 Å². The molecule has 1 aliphatic carbocycles. The fourth-order valence-corrected chi connectivity index (χ4v) is 6.46. The molecule has 0 spiro atoms. The van der Waals surface area contributed by atoms with Crippen LogP contribution < -0.4 is 10.6 Å². The van der Waals surface area contributed by atoms with Crippen LogP contribution in [0.5, 0.6) is 5.75 Å². The number of hydrogen-bond acceptors (Lipinski definition) is 5. The minimum absolute atomic E-state index is 0.0872. The van der Waals surface area contributed by atoms with E-state index in [1.807, 2.05) is 45.0 Å². The van der Waals surface area contributed by atoms with E-state index >= 15 is 0 Å². The van der Waals surface area contributed by atoms with Crippen molar-refractivity contribution in [2.45, 2.75) is 58.2 Å². The van der Waals surface area contributed by atoms with Crippen molar-refractivity contribution in [3.05, 3.63) is 95.2 Å². The molecule has 6 rings (SSSR count). The number of para-hydroxylation sites is 2. The number of aromatic hydroxyl groups is 1. The van der Waals surface area contributed by atoms with Gasteiger partial charge in [-0.25, -0.2) is 0 Å². The molecular weight excluding hydrogens is 530 g/mol. The molecule has 3 amide bonds. The summed E-state index contributed by atoms with van der Waals surface area (Å²) in [6.45, 7) is 5.84. The van der Waals surface area contributed by atoms with Crippen molar-refractivity contribution in [2.24, 2.45) is 11.8 Å². The summed E-state index contributed by atoms with van der Waals surface area (Å²) in [5.74, 6) is -0.450. The Bertz CT molecular complexity index is 1650. The van der Waals surface area contributed by atoms with E-state index in [0.29, 0.717) is 30.4 Å². The molecule has 4 aromatic rings. The molecule has 1 fully saturated rings. The Balaban J connectivity index is 1.44. The number of nitrogens with zero attached hydrogens (tertiary/aromatic N) is 1. The standard InChI is InChI=1S/C34H35N3O5/c1-19(2)14-27-32(39)36-30(25-16-21-8-4-5-9-22(21)17-25)34(41)37(27)31(33(40)35-26-10-6-7-11-28(26)38)23-12-13-29-24(18-23)15-20(3)42-29/h4-13,15,18-19,25,27,30-31,38H,14,16-17H2,1-3H3,(H,35,40)(H,36,39)/t27-,30-,31+/m1/s1. The molecule has 8 heteroatoms. The van der Waals surface area contributed by atoms with Gasteiger partial charge < -0.3 is 25.1 Å². The Morgan fingerprint density at radius 2 is 1.71 bits per heavy atom. The Labute approximate surface area is 244 Å². The fraction of sp³-hybridized carbons (Fsp3) is 0.324. The summed E-state index contributed by atoms with van der Waals surface area (Å²) in [6, 6.07) is 19.1. The number of phenols is 1. The van der Waals surface area contributed by atoms with Gasteiger partial charge in [0, 0.05) is 5.39 Å². The lowest BCUT2D eigenvalue weighted by atomic mass is 9.87. The van der Waals surface area contributed by atoms with Crippen LogP contribution in [-0.4, -0.2) is 39.8 Å². The number of benzene rings is 3. The van der Waals surface area contributed by atoms with Crippen molar-refractivity contribution in [1.82, 2.24) is 10.2 Å². The molecule has 1 saturated heterocycles.